The third-order valence-corrected chi connectivity index (χ3v) is 4.54. The lowest BCUT2D eigenvalue weighted by molar-refractivity contribution is 0.0775. The molecule has 1 aliphatic heterocycles. The van der Waals surface area contributed by atoms with E-state index in [1.807, 2.05) is 4.90 Å². The maximum atomic E-state index is 12.4. The molecular formula is C13H14Cl2N2O. The van der Waals surface area contributed by atoms with Gasteiger partial charge in [0.2, 0.25) is 0 Å². The molecule has 2 aliphatic rings. The van der Waals surface area contributed by atoms with Crippen LogP contribution in [0, 0.1) is 11.8 Å². The molecule has 2 atom stereocenters. The van der Waals surface area contributed by atoms with Gasteiger partial charge in [-0.25, -0.2) is 4.98 Å². The Bertz CT molecular complexity index is 480. The SMILES string of the molecule is O=C(c1nc(Cl)ccc1Cl)N1CC2CCCC2C1. The summed E-state index contributed by atoms with van der Waals surface area (Å²) in [6, 6.07) is 3.22. The van der Waals surface area contributed by atoms with Gasteiger partial charge in [0.1, 0.15) is 10.8 Å². The predicted molar refractivity (Wildman–Crippen MR) is 71.0 cm³/mol. The van der Waals surface area contributed by atoms with Gasteiger partial charge >= 0.3 is 0 Å². The van der Waals surface area contributed by atoms with Crippen molar-refractivity contribution in [3.8, 4) is 0 Å². The third-order valence-electron chi connectivity index (χ3n) is 4.03. The summed E-state index contributed by atoms with van der Waals surface area (Å²) in [5.74, 6) is 1.26. The molecule has 3 nitrogen and oxygen atoms in total. The van der Waals surface area contributed by atoms with E-state index in [0.29, 0.717) is 22.0 Å². The van der Waals surface area contributed by atoms with Crippen molar-refractivity contribution < 1.29 is 4.79 Å². The first-order valence-corrected chi connectivity index (χ1v) is 7.02. The van der Waals surface area contributed by atoms with Crippen LogP contribution in [0.1, 0.15) is 29.8 Å². The number of likely N-dealkylation sites (tertiary alicyclic amines) is 1. The van der Waals surface area contributed by atoms with Crippen LogP contribution >= 0.6 is 23.2 Å². The lowest BCUT2D eigenvalue weighted by Crippen LogP contribution is -2.30. The van der Waals surface area contributed by atoms with E-state index < -0.39 is 0 Å². The van der Waals surface area contributed by atoms with Gasteiger partial charge in [0.15, 0.2) is 0 Å². The molecule has 0 radical (unpaired) electrons. The molecular weight excluding hydrogens is 271 g/mol. The number of pyridine rings is 1. The van der Waals surface area contributed by atoms with E-state index in [2.05, 4.69) is 4.98 Å². The van der Waals surface area contributed by atoms with E-state index in [-0.39, 0.29) is 11.6 Å². The van der Waals surface area contributed by atoms with E-state index in [4.69, 9.17) is 23.2 Å². The van der Waals surface area contributed by atoms with Crippen molar-refractivity contribution in [3.63, 3.8) is 0 Å². The molecule has 0 aromatic carbocycles. The van der Waals surface area contributed by atoms with Crippen LogP contribution in [0.4, 0.5) is 0 Å². The Morgan fingerprint density at radius 3 is 2.56 bits per heavy atom. The fraction of sp³-hybridized carbons (Fsp3) is 0.538. The molecule has 0 N–H and O–H groups in total. The number of hydrogen-bond acceptors (Lipinski definition) is 2. The van der Waals surface area contributed by atoms with Crippen LogP contribution in [-0.4, -0.2) is 28.9 Å². The van der Waals surface area contributed by atoms with Gasteiger partial charge in [0, 0.05) is 13.1 Å². The van der Waals surface area contributed by atoms with E-state index >= 15 is 0 Å². The van der Waals surface area contributed by atoms with E-state index in [0.717, 1.165) is 13.1 Å². The van der Waals surface area contributed by atoms with Gasteiger partial charge in [0.25, 0.3) is 5.91 Å². The van der Waals surface area contributed by atoms with Gasteiger partial charge in [-0.1, -0.05) is 29.6 Å². The summed E-state index contributed by atoms with van der Waals surface area (Å²) in [5.41, 5.74) is 0.282. The fourth-order valence-corrected chi connectivity index (χ4v) is 3.45. The summed E-state index contributed by atoms with van der Waals surface area (Å²) in [6.45, 7) is 1.68. The highest BCUT2D eigenvalue weighted by atomic mass is 35.5. The molecule has 18 heavy (non-hydrogen) atoms. The van der Waals surface area contributed by atoms with Gasteiger partial charge in [-0.3, -0.25) is 4.79 Å². The summed E-state index contributed by atoms with van der Waals surface area (Å²) >= 11 is 11.8. The minimum absolute atomic E-state index is 0.0862. The summed E-state index contributed by atoms with van der Waals surface area (Å²) in [6.07, 6.45) is 3.78. The van der Waals surface area contributed by atoms with E-state index in [1.165, 1.54) is 19.3 Å². The number of halogens is 2. The van der Waals surface area contributed by atoms with Gasteiger partial charge in [0.05, 0.1) is 5.02 Å². The number of carbonyl (C=O) groups is 1. The molecule has 1 aromatic heterocycles. The number of amides is 1. The minimum atomic E-state index is -0.0862. The second-order valence-electron chi connectivity index (χ2n) is 5.13. The molecule has 1 amide bonds. The zero-order chi connectivity index (χ0) is 12.7. The molecule has 96 valence electrons. The van der Waals surface area contributed by atoms with Crippen molar-refractivity contribution in [2.45, 2.75) is 19.3 Å². The first-order chi connectivity index (χ1) is 8.65. The van der Waals surface area contributed by atoms with Crippen LogP contribution in [0.25, 0.3) is 0 Å². The van der Waals surface area contributed by atoms with Gasteiger partial charge < -0.3 is 4.90 Å². The average molecular weight is 285 g/mol. The second-order valence-corrected chi connectivity index (χ2v) is 5.92. The Balaban J connectivity index is 1.81. The van der Waals surface area contributed by atoms with Crippen LogP contribution in [0.2, 0.25) is 10.2 Å². The summed E-state index contributed by atoms with van der Waals surface area (Å²) in [4.78, 5) is 18.3. The van der Waals surface area contributed by atoms with Crippen LogP contribution in [0.5, 0.6) is 0 Å². The van der Waals surface area contributed by atoms with Crippen molar-refractivity contribution in [2.75, 3.05) is 13.1 Å². The molecule has 2 heterocycles. The number of aromatic nitrogens is 1. The lowest BCUT2D eigenvalue weighted by atomic mass is 10.0. The number of nitrogens with zero attached hydrogens (tertiary/aromatic N) is 2. The maximum absolute atomic E-state index is 12.4. The number of fused-ring (bicyclic) bond motifs is 1. The Morgan fingerprint density at radius 2 is 1.89 bits per heavy atom. The first-order valence-electron chi connectivity index (χ1n) is 6.26. The van der Waals surface area contributed by atoms with E-state index in [1.54, 1.807) is 12.1 Å². The molecule has 1 saturated heterocycles. The molecule has 0 bridgehead atoms. The highest BCUT2D eigenvalue weighted by molar-refractivity contribution is 6.34. The van der Waals surface area contributed by atoms with Gasteiger partial charge in [-0.15, -0.1) is 0 Å². The molecule has 0 spiro atoms. The Morgan fingerprint density at radius 1 is 1.22 bits per heavy atom. The number of hydrogen-bond donors (Lipinski definition) is 0. The molecule has 2 fully saturated rings. The molecule has 1 aliphatic carbocycles. The zero-order valence-electron chi connectivity index (χ0n) is 9.90. The van der Waals surface area contributed by atoms with Crippen molar-refractivity contribution >= 4 is 29.1 Å². The van der Waals surface area contributed by atoms with Crippen molar-refractivity contribution in [1.29, 1.82) is 0 Å². The van der Waals surface area contributed by atoms with Crippen molar-refractivity contribution in [1.82, 2.24) is 9.88 Å². The zero-order valence-corrected chi connectivity index (χ0v) is 11.4. The standard InChI is InChI=1S/C13H14Cl2N2O/c14-10-4-5-11(15)16-12(10)13(18)17-6-8-2-1-3-9(8)7-17/h4-5,8-9H,1-3,6-7H2. The van der Waals surface area contributed by atoms with Crippen LogP contribution in [0.15, 0.2) is 12.1 Å². The Hall–Kier alpha value is -0.800. The fourth-order valence-electron chi connectivity index (χ4n) is 3.12. The highest BCUT2D eigenvalue weighted by Gasteiger charge is 2.38. The van der Waals surface area contributed by atoms with Crippen molar-refractivity contribution in [2.24, 2.45) is 11.8 Å². The quantitative estimate of drug-likeness (QED) is 0.742. The molecule has 5 heteroatoms. The van der Waals surface area contributed by atoms with Crippen LogP contribution < -0.4 is 0 Å². The molecule has 3 rings (SSSR count). The molecule has 1 saturated carbocycles. The first kappa shape index (κ1) is 12.2. The van der Waals surface area contributed by atoms with Crippen molar-refractivity contribution in [3.05, 3.63) is 28.0 Å². The van der Waals surface area contributed by atoms with E-state index in [9.17, 15) is 4.79 Å². The predicted octanol–water partition coefficient (Wildman–Crippen LogP) is 3.26. The highest BCUT2D eigenvalue weighted by Crippen LogP contribution is 2.38. The van der Waals surface area contributed by atoms with Gasteiger partial charge in [-0.05, 0) is 36.8 Å². The Labute approximate surface area is 116 Å². The minimum Gasteiger partial charge on any atom is -0.337 e. The molecule has 1 aromatic rings. The third kappa shape index (κ3) is 2.10. The second kappa shape index (κ2) is 4.71. The topological polar surface area (TPSA) is 33.2 Å². The Kier molecular flexibility index (Phi) is 3.20. The maximum Gasteiger partial charge on any atom is 0.274 e. The summed E-state index contributed by atoms with van der Waals surface area (Å²) in [7, 11) is 0. The summed E-state index contributed by atoms with van der Waals surface area (Å²) < 4.78 is 0. The molecule has 2 unspecified atom stereocenters. The smallest absolute Gasteiger partial charge is 0.274 e. The number of carbonyl (C=O) groups excluding carboxylic acids is 1. The lowest BCUT2D eigenvalue weighted by Gasteiger charge is -2.17. The van der Waals surface area contributed by atoms with Crippen LogP contribution in [0.3, 0.4) is 0 Å². The monoisotopic (exact) mass is 284 g/mol. The average Bonchev–Trinajstić information content (AvgIpc) is 2.91. The normalized spacial score (nSPS) is 26.4. The van der Waals surface area contributed by atoms with Gasteiger partial charge in [-0.2, -0.15) is 0 Å². The summed E-state index contributed by atoms with van der Waals surface area (Å²) in [5, 5.41) is 0.684. The number of rotatable bonds is 1. The van der Waals surface area contributed by atoms with Crippen LogP contribution in [-0.2, 0) is 0 Å². The largest absolute Gasteiger partial charge is 0.337 e.